The lowest BCUT2D eigenvalue weighted by atomic mass is 10.2. The number of carboxylic acids is 1. The molecule has 1 atom stereocenters. The summed E-state index contributed by atoms with van der Waals surface area (Å²) in [6, 6.07) is -1.38. The molecule has 0 saturated heterocycles. The summed E-state index contributed by atoms with van der Waals surface area (Å²) in [6.45, 7) is 1.53. The molecule has 1 aromatic heterocycles. The van der Waals surface area contributed by atoms with E-state index in [0.717, 1.165) is 6.39 Å². The third-order valence-electron chi connectivity index (χ3n) is 1.96. The van der Waals surface area contributed by atoms with Crippen LogP contribution >= 0.6 is 0 Å². The Balaban J connectivity index is 2.74. The molecule has 0 unspecified atom stereocenters. The molecule has 0 radical (unpaired) electrons. The van der Waals surface area contributed by atoms with Gasteiger partial charge in [-0.05, 0) is 6.92 Å². The molecule has 17 heavy (non-hydrogen) atoms. The number of amides is 2. The molecular weight excluding hydrogens is 230 g/mol. The number of carbonyl (C=O) groups is 3. The summed E-state index contributed by atoms with van der Waals surface area (Å²) < 4.78 is 4.78. The topological polar surface area (TPSA) is 136 Å². The molecule has 0 spiro atoms. The Morgan fingerprint density at radius 2 is 2.24 bits per heavy atom. The minimum atomic E-state index is -1.38. The van der Waals surface area contributed by atoms with E-state index in [9.17, 15) is 14.4 Å². The molecule has 8 nitrogen and oxygen atoms in total. The summed E-state index contributed by atoms with van der Waals surface area (Å²) >= 11 is 0. The number of carboxylic acid groups (broad SMARTS) is 1. The van der Waals surface area contributed by atoms with Gasteiger partial charge < -0.3 is 20.6 Å². The molecule has 0 saturated carbocycles. The van der Waals surface area contributed by atoms with Gasteiger partial charge in [0.25, 0.3) is 5.91 Å². The highest BCUT2D eigenvalue weighted by molar-refractivity contribution is 5.96. The number of nitrogens with two attached hydrogens (primary N) is 1. The number of aryl methyl sites for hydroxylation is 1. The van der Waals surface area contributed by atoms with E-state index in [2.05, 4.69) is 10.3 Å². The quantitative estimate of drug-likeness (QED) is 0.607. The van der Waals surface area contributed by atoms with Gasteiger partial charge in [0.05, 0.1) is 12.1 Å². The van der Waals surface area contributed by atoms with Crippen molar-refractivity contribution in [3.05, 3.63) is 17.8 Å². The van der Waals surface area contributed by atoms with Gasteiger partial charge in [0.1, 0.15) is 6.04 Å². The number of hydrogen-bond acceptors (Lipinski definition) is 5. The van der Waals surface area contributed by atoms with E-state index in [4.69, 9.17) is 15.3 Å². The van der Waals surface area contributed by atoms with Gasteiger partial charge >= 0.3 is 5.97 Å². The van der Waals surface area contributed by atoms with Crippen LogP contribution in [0.15, 0.2) is 10.8 Å². The number of rotatable bonds is 5. The molecule has 1 rings (SSSR count). The van der Waals surface area contributed by atoms with E-state index >= 15 is 0 Å². The minimum absolute atomic E-state index is 0.0966. The first-order chi connectivity index (χ1) is 7.91. The summed E-state index contributed by atoms with van der Waals surface area (Å²) in [4.78, 5) is 36.6. The Morgan fingerprint density at radius 3 is 2.65 bits per heavy atom. The van der Waals surface area contributed by atoms with Gasteiger partial charge in [-0.3, -0.25) is 9.59 Å². The fraction of sp³-hybridized carbons (Fsp3) is 0.333. The second-order valence-corrected chi connectivity index (χ2v) is 3.30. The monoisotopic (exact) mass is 241 g/mol. The maximum absolute atomic E-state index is 11.6. The van der Waals surface area contributed by atoms with Gasteiger partial charge in [-0.1, -0.05) is 0 Å². The van der Waals surface area contributed by atoms with Crippen molar-refractivity contribution in [3.63, 3.8) is 0 Å². The van der Waals surface area contributed by atoms with E-state index in [1.807, 2.05) is 0 Å². The van der Waals surface area contributed by atoms with E-state index in [-0.39, 0.29) is 5.76 Å². The van der Waals surface area contributed by atoms with Crippen LogP contribution in [0.3, 0.4) is 0 Å². The van der Waals surface area contributed by atoms with Gasteiger partial charge in [-0.25, -0.2) is 9.78 Å². The van der Waals surface area contributed by atoms with Crippen LogP contribution in [0, 0.1) is 6.92 Å². The Morgan fingerprint density at radius 1 is 1.59 bits per heavy atom. The molecule has 92 valence electrons. The van der Waals surface area contributed by atoms with Crippen LogP contribution in [0.5, 0.6) is 0 Å². The summed E-state index contributed by atoms with van der Waals surface area (Å²) in [5.41, 5.74) is 5.19. The van der Waals surface area contributed by atoms with Crippen LogP contribution in [0.1, 0.15) is 22.7 Å². The van der Waals surface area contributed by atoms with E-state index < -0.39 is 30.2 Å². The third kappa shape index (κ3) is 3.30. The lowest BCUT2D eigenvalue weighted by Crippen LogP contribution is -2.43. The van der Waals surface area contributed by atoms with Gasteiger partial charge in [-0.2, -0.15) is 0 Å². The lowest BCUT2D eigenvalue weighted by Gasteiger charge is -2.11. The molecule has 2 amide bonds. The van der Waals surface area contributed by atoms with Crippen molar-refractivity contribution in [3.8, 4) is 0 Å². The summed E-state index contributed by atoms with van der Waals surface area (Å²) in [6.07, 6.45) is 0.572. The molecule has 0 bridgehead atoms. The highest BCUT2D eigenvalue weighted by atomic mass is 16.4. The number of primary amides is 1. The number of aliphatic carboxylic acids is 1. The molecule has 0 aliphatic rings. The predicted molar refractivity (Wildman–Crippen MR) is 53.9 cm³/mol. The van der Waals surface area contributed by atoms with Gasteiger partial charge in [0, 0.05) is 0 Å². The Labute approximate surface area is 95.8 Å². The number of nitrogens with zero attached hydrogens (tertiary/aromatic N) is 1. The zero-order valence-corrected chi connectivity index (χ0v) is 8.97. The fourth-order valence-electron chi connectivity index (χ4n) is 1.14. The molecule has 0 aromatic carbocycles. The Kier molecular flexibility index (Phi) is 3.81. The van der Waals surface area contributed by atoms with E-state index in [1.165, 1.54) is 6.92 Å². The third-order valence-corrected chi connectivity index (χ3v) is 1.96. The molecule has 8 heteroatoms. The maximum atomic E-state index is 11.6. The summed E-state index contributed by atoms with van der Waals surface area (Å²) in [7, 11) is 0. The minimum Gasteiger partial charge on any atom is -0.480 e. The van der Waals surface area contributed by atoms with Crippen molar-refractivity contribution >= 4 is 17.8 Å². The smallest absolute Gasteiger partial charge is 0.326 e. The van der Waals surface area contributed by atoms with Crippen molar-refractivity contribution in [1.29, 1.82) is 0 Å². The Bertz CT molecular complexity index is 453. The van der Waals surface area contributed by atoms with Crippen LogP contribution in [0.4, 0.5) is 0 Å². The summed E-state index contributed by atoms with van der Waals surface area (Å²) in [5.74, 6) is -3.03. The largest absolute Gasteiger partial charge is 0.480 e. The van der Waals surface area contributed by atoms with Gasteiger partial charge in [0.15, 0.2) is 6.39 Å². The van der Waals surface area contributed by atoms with Crippen molar-refractivity contribution in [2.45, 2.75) is 19.4 Å². The molecule has 0 fully saturated rings. The van der Waals surface area contributed by atoms with Crippen LogP contribution in [-0.2, 0) is 9.59 Å². The van der Waals surface area contributed by atoms with Crippen LogP contribution in [0.2, 0.25) is 0 Å². The number of carbonyl (C=O) groups excluding carboxylic acids is 2. The molecular formula is C9H11N3O5. The standard InChI is InChI=1S/C9H11N3O5/c1-4-7(17-3-11-4)8(14)12-5(9(15)16)2-6(10)13/h3,5H,2H2,1H3,(H2,10,13)(H,12,14)(H,15,16)/t5-/m0/s1. The first-order valence-corrected chi connectivity index (χ1v) is 4.64. The first-order valence-electron chi connectivity index (χ1n) is 4.64. The Hall–Kier alpha value is -2.38. The fourth-order valence-corrected chi connectivity index (χ4v) is 1.14. The molecule has 1 aromatic rings. The normalized spacial score (nSPS) is 11.8. The van der Waals surface area contributed by atoms with E-state index in [0.29, 0.717) is 5.69 Å². The lowest BCUT2D eigenvalue weighted by molar-refractivity contribution is -0.140. The predicted octanol–water partition coefficient (Wildman–Crippen LogP) is -0.959. The molecule has 1 heterocycles. The summed E-state index contributed by atoms with van der Waals surface area (Å²) in [5, 5.41) is 10.9. The van der Waals surface area contributed by atoms with Crippen molar-refractivity contribution in [2.24, 2.45) is 5.73 Å². The highest BCUT2D eigenvalue weighted by Crippen LogP contribution is 2.05. The number of hydrogen-bond donors (Lipinski definition) is 3. The number of oxazole rings is 1. The first kappa shape index (κ1) is 12.7. The van der Waals surface area contributed by atoms with Crippen molar-refractivity contribution < 1.29 is 23.9 Å². The number of aromatic nitrogens is 1. The maximum Gasteiger partial charge on any atom is 0.326 e. The van der Waals surface area contributed by atoms with Crippen molar-refractivity contribution in [2.75, 3.05) is 0 Å². The second kappa shape index (κ2) is 5.10. The molecule has 4 N–H and O–H groups in total. The zero-order valence-electron chi connectivity index (χ0n) is 8.97. The van der Waals surface area contributed by atoms with Gasteiger partial charge in [0.2, 0.25) is 11.7 Å². The number of nitrogens with one attached hydrogen (secondary N) is 1. The highest BCUT2D eigenvalue weighted by Gasteiger charge is 2.24. The SMILES string of the molecule is Cc1ncoc1C(=O)N[C@@H](CC(N)=O)C(=O)O. The van der Waals surface area contributed by atoms with Crippen LogP contribution in [0.25, 0.3) is 0 Å². The molecule has 0 aliphatic carbocycles. The zero-order chi connectivity index (χ0) is 13.0. The van der Waals surface area contributed by atoms with Crippen molar-refractivity contribution in [1.82, 2.24) is 10.3 Å². The average molecular weight is 241 g/mol. The average Bonchev–Trinajstić information content (AvgIpc) is 2.62. The molecule has 0 aliphatic heterocycles. The van der Waals surface area contributed by atoms with Crippen LogP contribution < -0.4 is 11.1 Å². The van der Waals surface area contributed by atoms with E-state index in [1.54, 1.807) is 0 Å². The second-order valence-electron chi connectivity index (χ2n) is 3.30. The van der Waals surface area contributed by atoms with Crippen LogP contribution in [-0.4, -0.2) is 33.9 Å². The van der Waals surface area contributed by atoms with Gasteiger partial charge in [-0.15, -0.1) is 0 Å².